The molecule has 0 atom stereocenters. The van der Waals surface area contributed by atoms with Crippen molar-refractivity contribution >= 4 is 11.6 Å². The zero-order chi connectivity index (χ0) is 14.1. The molecule has 0 aliphatic heterocycles. The van der Waals surface area contributed by atoms with E-state index in [9.17, 15) is 28.1 Å². The lowest BCUT2D eigenvalue weighted by molar-refractivity contribution is -0.388. The molecule has 0 saturated heterocycles. The molecule has 0 aliphatic rings. The predicted molar refractivity (Wildman–Crippen MR) is 51.3 cm³/mol. The van der Waals surface area contributed by atoms with E-state index in [1.54, 1.807) is 0 Å². The summed E-state index contributed by atoms with van der Waals surface area (Å²) in [7, 11) is 0. The summed E-state index contributed by atoms with van der Waals surface area (Å²) in [4.78, 5) is 20.2. The molecule has 0 unspecified atom stereocenters. The van der Waals surface area contributed by atoms with E-state index in [2.05, 4.69) is 0 Å². The van der Waals surface area contributed by atoms with Crippen LogP contribution in [0.1, 0.15) is 21.5 Å². The van der Waals surface area contributed by atoms with E-state index >= 15 is 0 Å². The van der Waals surface area contributed by atoms with Crippen molar-refractivity contribution < 1.29 is 22.9 Å². The van der Waals surface area contributed by atoms with Crippen LogP contribution in [0.25, 0.3) is 0 Å². The van der Waals surface area contributed by atoms with Gasteiger partial charge in [-0.2, -0.15) is 18.4 Å². The average molecular weight is 259 g/mol. The summed E-state index contributed by atoms with van der Waals surface area (Å²) in [6, 6.07) is 2.32. The molecule has 1 aromatic rings. The van der Waals surface area contributed by atoms with Gasteiger partial charge in [0.05, 0.1) is 16.6 Å². The molecule has 0 radical (unpaired) electrons. The normalized spacial score (nSPS) is 10.8. The van der Waals surface area contributed by atoms with Crippen LogP contribution in [-0.4, -0.2) is 10.8 Å². The first-order valence-corrected chi connectivity index (χ1v) is 4.28. The summed E-state index contributed by atoms with van der Waals surface area (Å²) in [5.41, 5.74) is 0.145. The lowest BCUT2D eigenvalue weighted by atomic mass is 10.0. The van der Waals surface area contributed by atoms with Crippen molar-refractivity contribution in [3.8, 4) is 6.07 Å². The van der Waals surface area contributed by atoms with Crippen molar-refractivity contribution in [1.82, 2.24) is 0 Å². The van der Waals surface area contributed by atoms with E-state index in [0.29, 0.717) is 12.1 Å². The quantitative estimate of drug-likeness (QED) is 0.642. The van der Waals surface area contributed by atoms with Gasteiger partial charge < -0.3 is 5.73 Å². The van der Waals surface area contributed by atoms with Gasteiger partial charge in [-0.1, -0.05) is 0 Å². The van der Waals surface area contributed by atoms with Crippen LogP contribution in [-0.2, 0) is 6.18 Å². The molecule has 1 aromatic carbocycles. The zero-order valence-electron chi connectivity index (χ0n) is 8.49. The number of nitrogens with zero attached hydrogens (tertiary/aromatic N) is 2. The number of carbonyl (C=O) groups excluding carboxylic acids is 1. The Bertz CT molecular complexity index is 575. The Hall–Kier alpha value is -2.63. The highest BCUT2D eigenvalue weighted by atomic mass is 19.4. The minimum Gasteiger partial charge on any atom is -0.365 e. The number of nitrogens with two attached hydrogens (primary N) is 1. The lowest BCUT2D eigenvalue weighted by Crippen LogP contribution is -2.18. The van der Waals surface area contributed by atoms with E-state index in [1.165, 1.54) is 6.07 Å². The third-order valence-corrected chi connectivity index (χ3v) is 1.99. The molecule has 2 N–H and O–H groups in total. The molecule has 9 heteroatoms. The number of nitro benzene ring substituents is 1. The Morgan fingerprint density at radius 2 is 2.00 bits per heavy atom. The molecule has 6 nitrogen and oxygen atoms in total. The van der Waals surface area contributed by atoms with Gasteiger partial charge in [0.25, 0.3) is 11.6 Å². The summed E-state index contributed by atoms with van der Waals surface area (Å²) in [5, 5.41) is 19.1. The van der Waals surface area contributed by atoms with Crippen molar-refractivity contribution in [2.45, 2.75) is 6.18 Å². The summed E-state index contributed by atoms with van der Waals surface area (Å²) >= 11 is 0. The average Bonchev–Trinajstić information content (AvgIpc) is 2.25. The van der Waals surface area contributed by atoms with Gasteiger partial charge >= 0.3 is 6.18 Å². The second kappa shape index (κ2) is 4.33. The van der Waals surface area contributed by atoms with E-state index < -0.39 is 39.4 Å². The van der Waals surface area contributed by atoms with Gasteiger partial charge in [0.1, 0.15) is 11.1 Å². The molecule has 94 valence electrons. The molecule has 1 amide bonds. The predicted octanol–water partition coefficient (Wildman–Crippen LogP) is 1.58. The molecular formula is C9H4F3N3O3. The van der Waals surface area contributed by atoms with Crippen LogP contribution in [0.15, 0.2) is 12.1 Å². The van der Waals surface area contributed by atoms with Crippen molar-refractivity contribution in [3.05, 3.63) is 38.9 Å². The SMILES string of the molecule is N#Cc1cc(C(N)=O)c([N+](=O)[O-])c(C(F)(F)F)c1. The van der Waals surface area contributed by atoms with Crippen molar-refractivity contribution in [3.63, 3.8) is 0 Å². The Balaban J connectivity index is 3.79. The van der Waals surface area contributed by atoms with Gasteiger partial charge in [-0.15, -0.1) is 0 Å². The molecule has 18 heavy (non-hydrogen) atoms. The molecule has 0 spiro atoms. The van der Waals surface area contributed by atoms with E-state index in [4.69, 9.17) is 11.0 Å². The van der Waals surface area contributed by atoms with Crippen LogP contribution in [0.5, 0.6) is 0 Å². The highest BCUT2D eigenvalue weighted by molar-refractivity contribution is 5.98. The first kappa shape index (κ1) is 13.4. The van der Waals surface area contributed by atoms with Crippen LogP contribution in [0.3, 0.4) is 0 Å². The fourth-order valence-electron chi connectivity index (χ4n) is 1.30. The third-order valence-electron chi connectivity index (χ3n) is 1.99. The summed E-state index contributed by atoms with van der Waals surface area (Å²) in [6.45, 7) is 0. The topological polar surface area (TPSA) is 110 Å². The fraction of sp³-hybridized carbons (Fsp3) is 0.111. The molecule has 0 aliphatic carbocycles. The lowest BCUT2D eigenvalue weighted by Gasteiger charge is -2.09. The standard InChI is InChI=1S/C9H4F3N3O3/c10-9(11,12)6-2-4(3-13)1-5(8(14)16)7(6)15(17)18/h1-2H,(H2,14,16). The van der Waals surface area contributed by atoms with Gasteiger partial charge in [0.2, 0.25) is 0 Å². The molecule has 0 saturated carbocycles. The maximum absolute atomic E-state index is 12.6. The number of rotatable bonds is 2. The Kier molecular flexibility index (Phi) is 3.23. The highest BCUT2D eigenvalue weighted by Crippen LogP contribution is 2.38. The number of nitro groups is 1. The third kappa shape index (κ3) is 2.37. The first-order valence-electron chi connectivity index (χ1n) is 4.28. The number of benzene rings is 1. The van der Waals surface area contributed by atoms with Gasteiger partial charge in [-0.3, -0.25) is 14.9 Å². The van der Waals surface area contributed by atoms with Gasteiger partial charge in [0.15, 0.2) is 0 Å². The number of halogens is 3. The van der Waals surface area contributed by atoms with E-state index in [1.807, 2.05) is 0 Å². The molecule has 0 aromatic heterocycles. The monoisotopic (exact) mass is 259 g/mol. The van der Waals surface area contributed by atoms with Gasteiger partial charge in [-0.05, 0) is 12.1 Å². The second-order valence-corrected chi connectivity index (χ2v) is 3.15. The van der Waals surface area contributed by atoms with Crippen molar-refractivity contribution in [1.29, 1.82) is 5.26 Å². The molecule has 0 bridgehead atoms. The molecular weight excluding hydrogens is 255 g/mol. The van der Waals surface area contributed by atoms with E-state index in [-0.39, 0.29) is 0 Å². The van der Waals surface area contributed by atoms with Crippen LogP contribution in [0.4, 0.5) is 18.9 Å². The number of primary amides is 1. The largest absolute Gasteiger partial charge is 0.423 e. The Morgan fingerprint density at radius 3 is 2.33 bits per heavy atom. The summed E-state index contributed by atoms with van der Waals surface area (Å²) in [5.74, 6) is -1.41. The maximum Gasteiger partial charge on any atom is 0.423 e. The maximum atomic E-state index is 12.6. The van der Waals surface area contributed by atoms with Crippen LogP contribution < -0.4 is 5.73 Å². The summed E-state index contributed by atoms with van der Waals surface area (Å²) in [6.07, 6.45) is -5.07. The molecule has 0 heterocycles. The second-order valence-electron chi connectivity index (χ2n) is 3.15. The van der Waals surface area contributed by atoms with Crippen LogP contribution in [0, 0.1) is 21.4 Å². The molecule has 1 rings (SSSR count). The first-order chi connectivity index (χ1) is 8.18. The summed E-state index contributed by atoms with van der Waals surface area (Å²) < 4.78 is 37.8. The minimum absolute atomic E-state index is 0.296. The highest BCUT2D eigenvalue weighted by Gasteiger charge is 2.41. The van der Waals surface area contributed by atoms with Gasteiger partial charge in [0, 0.05) is 0 Å². The number of alkyl halides is 3. The Morgan fingerprint density at radius 1 is 1.44 bits per heavy atom. The Labute approximate surface area is 97.6 Å². The fourth-order valence-corrected chi connectivity index (χ4v) is 1.30. The molecule has 0 fully saturated rings. The number of hydrogen-bond acceptors (Lipinski definition) is 4. The van der Waals surface area contributed by atoms with Crippen LogP contribution >= 0.6 is 0 Å². The van der Waals surface area contributed by atoms with Crippen LogP contribution in [0.2, 0.25) is 0 Å². The number of nitriles is 1. The minimum atomic E-state index is -5.07. The van der Waals surface area contributed by atoms with Crippen molar-refractivity contribution in [2.75, 3.05) is 0 Å². The van der Waals surface area contributed by atoms with Crippen molar-refractivity contribution in [2.24, 2.45) is 5.73 Å². The number of hydrogen-bond donors (Lipinski definition) is 1. The number of carbonyl (C=O) groups is 1. The smallest absolute Gasteiger partial charge is 0.365 e. The zero-order valence-corrected chi connectivity index (χ0v) is 8.49. The van der Waals surface area contributed by atoms with E-state index in [0.717, 1.165) is 0 Å². The van der Waals surface area contributed by atoms with Gasteiger partial charge in [-0.25, -0.2) is 0 Å². The number of amides is 1.